The third-order valence-electron chi connectivity index (χ3n) is 4.58. The molecule has 1 spiro atoms. The number of sulfonamides is 1. The van der Waals surface area contributed by atoms with Gasteiger partial charge in [0.1, 0.15) is 0 Å². The molecule has 1 unspecified atom stereocenters. The lowest BCUT2D eigenvalue weighted by atomic mass is 9.85. The third-order valence-corrected chi connectivity index (χ3v) is 5.95. The summed E-state index contributed by atoms with van der Waals surface area (Å²) >= 11 is 0. The van der Waals surface area contributed by atoms with Gasteiger partial charge in [0.05, 0.1) is 17.8 Å². The summed E-state index contributed by atoms with van der Waals surface area (Å²) < 4.78 is 25.2. The average molecular weight is 301 g/mol. The van der Waals surface area contributed by atoms with E-state index < -0.39 is 10.0 Å². The molecular weight excluding hydrogens is 282 g/mol. The smallest absolute Gasteiger partial charge is 0.243 e. The fraction of sp³-hybridized carbons (Fsp3) is 0.833. The molecule has 8 heteroatoms. The van der Waals surface area contributed by atoms with Crippen LogP contribution >= 0.6 is 0 Å². The number of imide groups is 1. The highest BCUT2D eigenvalue weighted by Gasteiger charge is 2.55. The Morgan fingerprint density at radius 1 is 1.30 bits per heavy atom. The van der Waals surface area contributed by atoms with E-state index >= 15 is 0 Å². The molecule has 2 amide bonds. The Hall–Kier alpha value is -0.990. The summed E-state index contributed by atoms with van der Waals surface area (Å²) in [5.74, 6) is -0.472. The summed E-state index contributed by atoms with van der Waals surface area (Å²) in [4.78, 5) is 24.9. The first kappa shape index (κ1) is 14.0. The number of rotatable bonds is 2. The lowest BCUT2D eigenvalue weighted by molar-refractivity contribution is -0.141. The van der Waals surface area contributed by atoms with Crippen LogP contribution < -0.4 is 5.32 Å². The molecule has 1 atom stereocenters. The number of carbonyl (C=O) groups excluding carboxylic acids is 2. The van der Waals surface area contributed by atoms with Crippen LogP contribution in [0.25, 0.3) is 0 Å². The van der Waals surface area contributed by atoms with E-state index in [4.69, 9.17) is 0 Å². The van der Waals surface area contributed by atoms with Crippen LogP contribution in [0.2, 0.25) is 0 Å². The van der Waals surface area contributed by atoms with E-state index in [9.17, 15) is 18.0 Å². The largest absolute Gasteiger partial charge is 0.295 e. The van der Waals surface area contributed by atoms with Gasteiger partial charge in [0.2, 0.25) is 21.8 Å². The van der Waals surface area contributed by atoms with Crippen molar-refractivity contribution >= 4 is 21.8 Å². The highest BCUT2D eigenvalue weighted by atomic mass is 32.2. The fourth-order valence-corrected chi connectivity index (χ4v) is 5.08. The molecule has 3 aliphatic heterocycles. The molecule has 7 nitrogen and oxygen atoms in total. The number of likely N-dealkylation sites (tertiary alicyclic amines) is 1. The quantitative estimate of drug-likeness (QED) is 0.654. The molecule has 0 aliphatic carbocycles. The van der Waals surface area contributed by atoms with E-state index in [1.54, 1.807) is 4.31 Å². The molecule has 3 rings (SSSR count). The molecule has 3 fully saturated rings. The Morgan fingerprint density at radius 3 is 2.60 bits per heavy atom. The zero-order chi connectivity index (χ0) is 14.5. The van der Waals surface area contributed by atoms with Crippen LogP contribution in [0, 0.1) is 0 Å². The summed E-state index contributed by atoms with van der Waals surface area (Å²) in [7, 11) is -3.20. The van der Waals surface area contributed by atoms with Crippen molar-refractivity contribution < 1.29 is 18.0 Å². The number of nitrogens with zero attached hydrogens (tertiary/aromatic N) is 2. The molecule has 0 aromatic carbocycles. The van der Waals surface area contributed by atoms with Crippen LogP contribution in [-0.4, -0.2) is 66.9 Å². The molecule has 3 saturated heterocycles. The third kappa shape index (κ3) is 2.15. The van der Waals surface area contributed by atoms with Gasteiger partial charge in [-0.25, -0.2) is 8.42 Å². The second-order valence-electron chi connectivity index (χ2n) is 6.03. The van der Waals surface area contributed by atoms with Gasteiger partial charge < -0.3 is 0 Å². The van der Waals surface area contributed by atoms with Gasteiger partial charge in [-0.05, 0) is 19.3 Å². The highest BCUT2D eigenvalue weighted by molar-refractivity contribution is 7.88. The Kier molecular flexibility index (Phi) is 3.15. The van der Waals surface area contributed by atoms with Crippen molar-refractivity contribution in [2.75, 3.05) is 25.9 Å². The molecule has 3 aliphatic rings. The Bertz CT molecular complexity index is 553. The molecule has 0 radical (unpaired) electrons. The summed E-state index contributed by atoms with van der Waals surface area (Å²) in [5, 5.41) is 2.35. The van der Waals surface area contributed by atoms with Crippen LogP contribution in [0.1, 0.15) is 25.7 Å². The Balaban J connectivity index is 1.69. The van der Waals surface area contributed by atoms with Crippen molar-refractivity contribution in [1.29, 1.82) is 0 Å². The van der Waals surface area contributed by atoms with Crippen molar-refractivity contribution in [2.24, 2.45) is 0 Å². The monoisotopic (exact) mass is 301 g/mol. The summed E-state index contributed by atoms with van der Waals surface area (Å²) in [5.41, 5.74) is -0.324. The number of hydrogen-bond donors (Lipinski definition) is 1. The Labute approximate surface area is 118 Å². The normalized spacial score (nSPS) is 31.4. The van der Waals surface area contributed by atoms with Crippen LogP contribution in [-0.2, 0) is 19.6 Å². The lowest BCUT2D eigenvalue weighted by Gasteiger charge is -2.54. The van der Waals surface area contributed by atoms with E-state index in [0.29, 0.717) is 32.5 Å². The van der Waals surface area contributed by atoms with Crippen LogP contribution in [0.5, 0.6) is 0 Å². The minimum atomic E-state index is -3.20. The second kappa shape index (κ2) is 4.51. The molecule has 0 bridgehead atoms. The number of nitrogens with one attached hydrogen (secondary N) is 1. The van der Waals surface area contributed by atoms with E-state index in [1.165, 1.54) is 6.26 Å². The van der Waals surface area contributed by atoms with Crippen LogP contribution in [0.4, 0.5) is 0 Å². The van der Waals surface area contributed by atoms with Gasteiger partial charge in [-0.2, -0.15) is 4.31 Å². The summed E-state index contributed by atoms with van der Waals surface area (Å²) in [6.45, 7) is 1.75. The van der Waals surface area contributed by atoms with Gasteiger partial charge in [-0.15, -0.1) is 0 Å². The minimum absolute atomic E-state index is 0.222. The molecule has 0 saturated carbocycles. The van der Waals surface area contributed by atoms with E-state index in [1.807, 2.05) is 4.90 Å². The molecule has 1 N–H and O–H groups in total. The minimum Gasteiger partial charge on any atom is -0.295 e. The first-order valence-corrected chi connectivity index (χ1v) is 8.72. The number of carbonyl (C=O) groups is 2. The van der Waals surface area contributed by atoms with Gasteiger partial charge in [-0.3, -0.25) is 19.8 Å². The topological polar surface area (TPSA) is 86.8 Å². The van der Waals surface area contributed by atoms with Crippen molar-refractivity contribution in [1.82, 2.24) is 14.5 Å². The number of piperidine rings is 1. The highest BCUT2D eigenvalue weighted by Crippen LogP contribution is 2.40. The standard InChI is InChI=1S/C12H19N3O4S/c1-20(18,19)15-6-2-5-12(15)7-14(8-12)9-3-4-10(16)13-11(9)17/h9H,2-8H2,1H3,(H,13,16,17). The van der Waals surface area contributed by atoms with Crippen molar-refractivity contribution in [2.45, 2.75) is 37.3 Å². The number of amides is 2. The maximum absolute atomic E-state index is 11.8. The predicted molar refractivity (Wildman–Crippen MR) is 71.3 cm³/mol. The molecule has 0 aromatic rings. The van der Waals surface area contributed by atoms with Gasteiger partial charge in [0.15, 0.2) is 0 Å². The van der Waals surface area contributed by atoms with E-state index in [2.05, 4.69) is 5.32 Å². The zero-order valence-electron chi connectivity index (χ0n) is 11.5. The molecular formula is C12H19N3O4S. The zero-order valence-corrected chi connectivity index (χ0v) is 12.3. The van der Waals surface area contributed by atoms with Crippen molar-refractivity contribution in [3.05, 3.63) is 0 Å². The fourth-order valence-electron chi connectivity index (χ4n) is 3.71. The SMILES string of the molecule is CS(=O)(=O)N1CCCC12CN(C1CCC(=O)NC1=O)C2. The Morgan fingerprint density at radius 2 is 2.00 bits per heavy atom. The molecule has 3 heterocycles. The van der Waals surface area contributed by atoms with Gasteiger partial charge in [-0.1, -0.05) is 0 Å². The second-order valence-corrected chi connectivity index (χ2v) is 7.94. The van der Waals surface area contributed by atoms with Crippen LogP contribution in [0.3, 0.4) is 0 Å². The summed E-state index contributed by atoms with van der Waals surface area (Å²) in [6.07, 6.45) is 3.85. The van der Waals surface area contributed by atoms with Gasteiger partial charge >= 0.3 is 0 Å². The van der Waals surface area contributed by atoms with Gasteiger partial charge in [0.25, 0.3) is 0 Å². The van der Waals surface area contributed by atoms with E-state index in [0.717, 1.165) is 12.8 Å². The molecule has 20 heavy (non-hydrogen) atoms. The molecule has 112 valence electrons. The lowest BCUT2D eigenvalue weighted by Crippen LogP contribution is -2.72. The van der Waals surface area contributed by atoms with Crippen molar-refractivity contribution in [3.63, 3.8) is 0 Å². The predicted octanol–water partition coefficient (Wildman–Crippen LogP) is -1.10. The first-order chi connectivity index (χ1) is 9.32. The maximum atomic E-state index is 11.8. The average Bonchev–Trinajstić information content (AvgIpc) is 2.71. The number of hydrogen-bond acceptors (Lipinski definition) is 5. The van der Waals surface area contributed by atoms with Gasteiger partial charge in [0, 0.05) is 26.1 Å². The molecule has 0 aromatic heterocycles. The van der Waals surface area contributed by atoms with Crippen LogP contribution in [0.15, 0.2) is 0 Å². The summed E-state index contributed by atoms with van der Waals surface area (Å²) in [6, 6.07) is -0.291. The van der Waals surface area contributed by atoms with Crippen molar-refractivity contribution in [3.8, 4) is 0 Å². The maximum Gasteiger partial charge on any atom is 0.243 e. The first-order valence-electron chi connectivity index (χ1n) is 6.87. The van der Waals surface area contributed by atoms with E-state index in [-0.39, 0.29) is 23.4 Å².